The number of rotatable bonds is 4. The Kier molecular flexibility index (Phi) is 3.91. The van der Waals surface area contributed by atoms with Crippen molar-refractivity contribution in [2.75, 3.05) is 6.61 Å². The molecule has 4 nitrogen and oxygen atoms in total. The van der Waals surface area contributed by atoms with Gasteiger partial charge in [0.05, 0.1) is 12.8 Å². The van der Waals surface area contributed by atoms with E-state index in [1.54, 1.807) is 42.7 Å². The average Bonchev–Trinajstić information content (AvgIpc) is 2.41. The van der Waals surface area contributed by atoms with E-state index in [2.05, 4.69) is 5.10 Å². The zero-order valence-electron chi connectivity index (χ0n) is 10.1. The standard InChI is InChI=1S/C14H14N2O2/c1-2-18-13-7-5-12(6-8-13)14(17)11-16-10-4-3-9-15-16/h3-11H,2H2,1H3. The van der Waals surface area contributed by atoms with Gasteiger partial charge in [0.1, 0.15) is 5.75 Å². The van der Waals surface area contributed by atoms with Crippen LogP contribution in [0.5, 0.6) is 5.75 Å². The highest BCUT2D eigenvalue weighted by Crippen LogP contribution is 2.15. The molecule has 0 aliphatic rings. The van der Waals surface area contributed by atoms with Gasteiger partial charge in [-0.05, 0) is 41.5 Å². The topological polar surface area (TPSA) is 49.1 Å². The third kappa shape index (κ3) is 3.07. The molecule has 1 aromatic carbocycles. The lowest BCUT2D eigenvalue weighted by Crippen LogP contribution is -2.31. The Morgan fingerprint density at radius 2 is 2.11 bits per heavy atom. The van der Waals surface area contributed by atoms with Crippen molar-refractivity contribution < 1.29 is 14.5 Å². The zero-order chi connectivity index (χ0) is 12.8. The van der Waals surface area contributed by atoms with Crippen molar-refractivity contribution >= 4 is 12.0 Å². The van der Waals surface area contributed by atoms with E-state index in [4.69, 9.17) is 4.74 Å². The highest BCUT2D eigenvalue weighted by molar-refractivity contribution is 5.64. The average molecular weight is 242 g/mol. The molecule has 1 aromatic heterocycles. The van der Waals surface area contributed by atoms with Gasteiger partial charge in [-0.25, -0.2) is 0 Å². The molecule has 0 fully saturated rings. The normalized spacial score (nSPS) is 11.3. The van der Waals surface area contributed by atoms with E-state index in [0.29, 0.717) is 12.2 Å². The van der Waals surface area contributed by atoms with Crippen LogP contribution in [0.1, 0.15) is 12.5 Å². The molecule has 0 bridgehead atoms. The molecule has 0 spiro atoms. The minimum atomic E-state index is -0.0956. The highest BCUT2D eigenvalue weighted by atomic mass is 16.5. The fourth-order valence-electron chi connectivity index (χ4n) is 1.49. The molecule has 18 heavy (non-hydrogen) atoms. The number of nitrogens with zero attached hydrogens (tertiary/aromatic N) is 2. The Bertz CT molecular complexity index is 521. The van der Waals surface area contributed by atoms with Crippen molar-refractivity contribution in [1.29, 1.82) is 0 Å². The lowest BCUT2D eigenvalue weighted by Gasteiger charge is -2.09. The van der Waals surface area contributed by atoms with Crippen LogP contribution < -0.4 is 14.5 Å². The van der Waals surface area contributed by atoms with E-state index in [9.17, 15) is 5.11 Å². The van der Waals surface area contributed by atoms with Crippen LogP contribution in [-0.2, 0) is 0 Å². The van der Waals surface area contributed by atoms with Gasteiger partial charge >= 0.3 is 0 Å². The van der Waals surface area contributed by atoms with Gasteiger partial charge in [-0.15, -0.1) is 0 Å². The van der Waals surface area contributed by atoms with Crippen LogP contribution in [0, 0.1) is 0 Å². The molecule has 1 heterocycles. The summed E-state index contributed by atoms with van der Waals surface area (Å²) in [5.74, 6) is 0.668. The largest absolute Gasteiger partial charge is 0.868 e. The summed E-state index contributed by atoms with van der Waals surface area (Å²) in [4.78, 5) is 0. The first-order chi connectivity index (χ1) is 8.79. The molecule has 0 aliphatic heterocycles. The molecule has 0 unspecified atom stereocenters. The second kappa shape index (κ2) is 5.82. The molecular weight excluding hydrogens is 228 g/mol. The van der Waals surface area contributed by atoms with Crippen LogP contribution in [0.4, 0.5) is 0 Å². The van der Waals surface area contributed by atoms with E-state index < -0.39 is 0 Å². The lowest BCUT2D eigenvalue weighted by molar-refractivity contribution is -0.635. The molecule has 0 radical (unpaired) electrons. The summed E-state index contributed by atoms with van der Waals surface area (Å²) in [5, 5.41) is 15.9. The molecule has 0 N–H and O–H groups in total. The first kappa shape index (κ1) is 12.1. The van der Waals surface area contributed by atoms with Gasteiger partial charge in [0.25, 0.3) is 0 Å². The van der Waals surface area contributed by atoms with Crippen LogP contribution in [0.2, 0.25) is 0 Å². The number of aromatic nitrogens is 2. The van der Waals surface area contributed by atoms with E-state index in [-0.39, 0.29) is 5.76 Å². The summed E-state index contributed by atoms with van der Waals surface area (Å²) in [6.07, 6.45) is 4.78. The maximum Gasteiger partial charge on any atom is 0.202 e. The summed E-state index contributed by atoms with van der Waals surface area (Å²) in [5.41, 5.74) is 0.608. The molecule has 92 valence electrons. The Balaban J connectivity index is 2.18. The molecule has 2 rings (SSSR count). The molecular formula is C14H14N2O2. The monoisotopic (exact) mass is 242 g/mol. The third-order valence-electron chi connectivity index (χ3n) is 2.34. The summed E-state index contributed by atoms with van der Waals surface area (Å²) < 4.78 is 6.80. The smallest absolute Gasteiger partial charge is 0.202 e. The summed E-state index contributed by atoms with van der Waals surface area (Å²) in [6, 6.07) is 10.7. The molecule has 0 atom stereocenters. The quantitative estimate of drug-likeness (QED) is 0.595. The Labute approximate surface area is 106 Å². The van der Waals surface area contributed by atoms with Crippen LogP contribution in [0.25, 0.3) is 12.0 Å². The zero-order valence-corrected chi connectivity index (χ0v) is 10.1. The number of hydrogen-bond acceptors (Lipinski definition) is 3. The minimum Gasteiger partial charge on any atom is -0.868 e. The Hall–Kier alpha value is -2.36. The van der Waals surface area contributed by atoms with Gasteiger partial charge < -0.3 is 9.84 Å². The fourth-order valence-corrected chi connectivity index (χ4v) is 1.49. The maximum absolute atomic E-state index is 11.9. The summed E-state index contributed by atoms with van der Waals surface area (Å²) in [6.45, 7) is 2.54. The van der Waals surface area contributed by atoms with Crippen LogP contribution in [0.15, 0.2) is 48.8 Å². The Morgan fingerprint density at radius 3 is 2.72 bits per heavy atom. The van der Waals surface area contributed by atoms with E-state index in [0.717, 1.165) is 5.75 Å². The van der Waals surface area contributed by atoms with Crippen molar-refractivity contribution in [3.05, 3.63) is 54.4 Å². The van der Waals surface area contributed by atoms with Crippen LogP contribution in [0.3, 0.4) is 0 Å². The predicted molar refractivity (Wildman–Crippen MR) is 66.2 cm³/mol. The number of ether oxygens (including phenoxy) is 1. The van der Waals surface area contributed by atoms with Crippen molar-refractivity contribution in [2.24, 2.45) is 0 Å². The summed E-state index contributed by atoms with van der Waals surface area (Å²) in [7, 11) is 0. The molecule has 0 saturated heterocycles. The second-order valence-electron chi connectivity index (χ2n) is 3.63. The molecule has 4 heteroatoms. The predicted octanol–water partition coefficient (Wildman–Crippen LogP) is 1.08. The van der Waals surface area contributed by atoms with E-state index in [1.165, 1.54) is 10.9 Å². The third-order valence-corrected chi connectivity index (χ3v) is 2.34. The van der Waals surface area contributed by atoms with Gasteiger partial charge in [0, 0.05) is 6.07 Å². The second-order valence-corrected chi connectivity index (χ2v) is 3.63. The van der Waals surface area contributed by atoms with E-state index in [1.807, 2.05) is 13.0 Å². The highest BCUT2D eigenvalue weighted by Gasteiger charge is 1.98. The van der Waals surface area contributed by atoms with Gasteiger partial charge in [-0.1, -0.05) is 16.8 Å². The van der Waals surface area contributed by atoms with Crippen molar-refractivity contribution in [2.45, 2.75) is 6.92 Å². The maximum atomic E-state index is 11.9. The summed E-state index contributed by atoms with van der Waals surface area (Å²) >= 11 is 0. The first-order valence-corrected chi connectivity index (χ1v) is 5.74. The van der Waals surface area contributed by atoms with Crippen molar-refractivity contribution in [3.63, 3.8) is 0 Å². The van der Waals surface area contributed by atoms with Crippen LogP contribution in [-0.4, -0.2) is 11.7 Å². The van der Waals surface area contributed by atoms with Gasteiger partial charge in [0.2, 0.25) is 6.20 Å². The molecule has 0 aliphatic carbocycles. The molecule has 0 saturated carbocycles. The van der Waals surface area contributed by atoms with Gasteiger partial charge in [-0.3, -0.25) is 0 Å². The first-order valence-electron chi connectivity index (χ1n) is 5.74. The number of benzene rings is 1. The van der Waals surface area contributed by atoms with Gasteiger partial charge in [-0.2, -0.15) is 0 Å². The van der Waals surface area contributed by atoms with Crippen LogP contribution >= 0.6 is 0 Å². The van der Waals surface area contributed by atoms with Crippen molar-refractivity contribution in [1.82, 2.24) is 5.10 Å². The fraction of sp³-hybridized carbons (Fsp3) is 0.143. The number of hydrogen-bond donors (Lipinski definition) is 0. The van der Waals surface area contributed by atoms with E-state index >= 15 is 0 Å². The van der Waals surface area contributed by atoms with Crippen molar-refractivity contribution in [3.8, 4) is 5.75 Å². The molecule has 0 amide bonds. The molecule has 2 aromatic rings. The Morgan fingerprint density at radius 1 is 1.33 bits per heavy atom. The minimum absolute atomic E-state index is 0.0956. The van der Waals surface area contributed by atoms with Gasteiger partial charge in [0.15, 0.2) is 6.20 Å². The SMILES string of the molecule is CCOc1ccc(/C([O-])=C/[n+]2ccccn2)cc1. The lowest BCUT2D eigenvalue weighted by atomic mass is 10.2.